The molecule has 0 aromatic heterocycles. The SMILES string of the molecule is CC1CN(c2ccc(Cl)cc2)C(CC(=O)O)CN1. The molecule has 2 N–H and O–H groups in total. The largest absolute Gasteiger partial charge is 0.481 e. The molecule has 98 valence electrons. The van der Waals surface area contributed by atoms with E-state index in [-0.39, 0.29) is 12.5 Å². The van der Waals surface area contributed by atoms with Gasteiger partial charge in [0.05, 0.1) is 12.5 Å². The zero-order valence-electron chi connectivity index (χ0n) is 10.3. The molecule has 0 aliphatic carbocycles. The molecule has 0 bridgehead atoms. The summed E-state index contributed by atoms with van der Waals surface area (Å²) in [6, 6.07) is 7.89. The van der Waals surface area contributed by atoms with Crippen molar-refractivity contribution in [1.29, 1.82) is 0 Å². The smallest absolute Gasteiger partial charge is 0.305 e. The lowest BCUT2D eigenvalue weighted by Gasteiger charge is -2.40. The van der Waals surface area contributed by atoms with Crippen LogP contribution in [0.2, 0.25) is 5.02 Å². The zero-order chi connectivity index (χ0) is 13.1. The van der Waals surface area contributed by atoms with Gasteiger partial charge in [0.25, 0.3) is 0 Å². The van der Waals surface area contributed by atoms with Crippen LogP contribution < -0.4 is 10.2 Å². The average molecular weight is 269 g/mol. The molecule has 1 fully saturated rings. The summed E-state index contributed by atoms with van der Waals surface area (Å²) < 4.78 is 0. The number of carboxylic acid groups (broad SMARTS) is 1. The lowest BCUT2D eigenvalue weighted by Crippen LogP contribution is -2.56. The summed E-state index contributed by atoms with van der Waals surface area (Å²) in [5.41, 5.74) is 1.03. The minimum atomic E-state index is -0.768. The van der Waals surface area contributed by atoms with Crippen molar-refractivity contribution in [1.82, 2.24) is 5.32 Å². The van der Waals surface area contributed by atoms with Crippen LogP contribution in [0.3, 0.4) is 0 Å². The first-order valence-electron chi connectivity index (χ1n) is 6.03. The van der Waals surface area contributed by atoms with Crippen LogP contribution in [0.1, 0.15) is 13.3 Å². The van der Waals surface area contributed by atoms with Crippen LogP contribution in [0, 0.1) is 0 Å². The van der Waals surface area contributed by atoms with E-state index in [4.69, 9.17) is 16.7 Å². The van der Waals surface area contributed by atoms with Crippen LogP contribution in [0.15, 0.2) is 24.3 Å². The summed E-state index contributed by atoms with van der Waals surface area (Å²) in [4.78, 5) is 13.0. The van der Waals surface area contributed by atoms with Gasteiger partial charge in [0.15, 0.2) is 0 Å². The van der Waals surface area contributed by atoms with E-state index in [0.717, 1.165) is 12.2 Å². The van der Waals surface area contributed by atoms with Gasteiger partial charge in [0.1, 0.15) is 0 Å². The standard InChI is InChI=1S/C13H17ClN2O2/c1-9-8-16(11-4-2-10(14)3-5-11)12(7-15-9)6-13(17)18/h2-5,9,12,15H,6-8H2,1H3,(H,17,18). The van der Waals surface area contributed by atoms with Crippen molar-refractivity contribution in [2.24, 2.45) is 0 Å². The van der Waals surface area contributed by atoms with Crippen LogP contribution in [-0.2, 0) is 4.79 Å². The molecular formula is C13H17ClN2O2. The zero-order valence-corrected chi connectivity index (χ0v) is 11.0. The number of benzene rings is 1. The Morgan fingerprint density at radius 2 is 2.17 bits per heavy atom. The van der Waals surface area contributed by atoms with Gasteiger partial charge in [-0.1, -0.05) is 11.6 Å². The van der Waals surface area contributed by atoms with Crippen LogP contribution in [0.5, 0.6) is 0 Å². The second-order valence-electron chi connectivity index (χ2n) is 4.69. The molecule has 2 unspecified atom stereocenters. The molecule has 0 amide bonds. The van der Waals surface area contributed by atoms with Crippen LogP contribution in [-0.4, -0.2) is 36.2 Å². The predicted octanol–water partition coefficient (Wildman–Crippen LogP) is 1.98. The first-order valence-corrected chi connectivity index (χ1v) is 6.41. The van der Waals surface area contributed by atoms with Gasteiger partial charge < -0.3 is 15.3 Å². The third-order valence-electron chi connectivity index (χ3n) is 3.18. The van der Waals surface area contributed by atoms with Gasteiger partial charge in [-0.3, -0.25) is 4.79 Å². The molecule has 0 spiro atoms. The monoisotopic (exact) mass is 268 g/mol. The van der Waals surface area contributed by atoms with E-state index >= 15 is 0 Å². The van der Waals surface area contributed by atoms with Crippen molar-refractivity contribution >= 4 is 23.3 Å². The minimum absolute atomic E-state index is 0.0140. The molecule has 1 aromatic carbocycles. The first-order chi connectivity index (χ1) is 8.56. The van der Waals surface area contributed by atoms with E-state index in [1.807, 2.05) is 24.3 Å². The third-order valence-corrected chi connectivity index (χ3v) is 3.43. The first kappa shape index (κ1) is 13.2. The fourth-order valence-electron chi connectivity index (χ4n) is 2.29. The summed E-state index contributed by atoms with van der Waals surface area (Å²) in [5, 5.41) is 13.0. The number of halogens is 1. The fraction of sp³-hybridized carbons (Fsp3) is 0.462. The predicted molar refractivity (Wildman–Crippen MR) is 72.3 cm³/mol. The number of piperazine rings is 1. The maximum absolute atomic E-state index is 10.9. The van der Waals surface area contributed by atoms with E-state index in [1.54, 1.807) is 0 Å². The normalized spacial score (nSPS) is 24.0. The highest BCUT2D eigenvalue weighted by atomic mass is 35.5. The van der Waals surface area contributed by atoms with E-state index < -0.39 is 5.97 Å². The molecule has 1 aliphatic rings. The summed E-state index contributed by atoms with van der Waals surface area (Å²) in [6.07, 6.45) is 0.141. The van der Waals surface area contributed by atoms with Gasteiger partial charge >= 0.3 is 5.97 Å². The van der Waals surface area contributed by atoms with Gasteiger partial charge in [-0.2, -0.15) is 0 Å². The Hall–Kier alpha value is -1.26. The van der Waals surface area contributed by atoms with Gasteiger partial charge in [-0.05, 0) is 31.2 Å². The second-order valence-corrected chi connectivity index (χ2v) is 5.13. The summed E-state index contributed by atoms with van der Waals surface area (Å²) >= 11 is 5.87. The quantitative estimate of drug-likeness (QED) is 0.880. The van der Waals surface area contributed by atoms with E-state index in [2.05, 4.69) is 17.1 Å². The number of carboxylic acids is 1. The van der Waals surface area contributed by atoms with Gasteiger partial charge in [0.2, 0.25) is 0 Å². The molecule has 0 saturated carbocycles. The van der Waals surface area contributed by atoms with Gasteiger partial charge in [-0.25, -0.2) is 0 Å². The Labute approximate surface area is 112 Å². The molecule has 2 rings (SSSR count). The Balaban J connectivity index is 2.19. The van der Waals surface area contributed by atoms with Gasteiger partial charge in [-0.15, -0.1) is 0 Å². The Bertz CT molecular complexity index is 422. The second kappa shape index (κ2) is 5.59. The number of rotatable bonds is 3. The summed E-state index contributed by atoms with van der Waals surface area (Å²) in [7, 11) is 0. The Morgan fingerprint density at radius 1 is 1.50 bits per heavy atom. The van der Waals surface area contributed by atoms with E-state index in [9.17, 15) is 4.79 Å². The molecule has 1 saturated heterocycles. The number of hydrogen-bond donors (Lipinski definition) is 2. The van der Waals surface area contributed by atoms with E-state index in [1.165, 1.54) is 0 Å². The maximum Gasteiger partial charge on any atom is 0.305 e. The lowest BCUT2D eigenvalue weighted by molar-refractivity contribution is -0.137. The third kappa shape index (κ3) is 3.15. The number of nitrogens with one attached hydrogen (secondary N) is 1. The molecule has 0 radical (unpaired) electrons. The highest BCUT2D eigenvalue weighted by Gasteiger charge is 2.27. The number of carbonyl (C=O) groups is 1. The van der Waals surface area contributed by atoms with Crippen molar-refractivity contribution < 1.29 is 9.90 Å². The van der Waals surface area contributed by atoms with E-state index in [0.29, 0.717) is 17.6 Å². The number of nitrogens with zero attached hydrogens (tertiary/aromatic N) is 1. The summed E-state index contributed by atoms with van der Waals surface area (Å²) in [6.45, 7) is 3.59. The molecule has 5 heteroatoms. The highest BCUT2D eigenvalue weighted by molar-refractivity contribution is 6.30. The highest BCUT2D eigenvalue weighted by Crippen LogP contribution is 2.23. The lowest BCUT2D eigenvalue weighted by atomic mass is 10.1. The molecular weight excluding hydrogens is 252 g/mol. The summed E-state index contributed by atoms with van der Waals surface area (Å²) in [5.74, 6) is -0.768. The van der Waals surface area contributed by atoms with Crippen molar-refractivity contribution in [3.05, 3.63) is 29.3 Å². The number of anilines is 1. The fourth-order valence-corrected chi connectivity index (χ4v) is 2.41. The van der Waals surface area contributed by atoms with Crippen LogP contribution >= 0.6 is 11.6 Å². The van der Waals surface area contributed by atoms with Crippen LogP contribution in [0.25, 0.3) is 0 Å². The molecule has 18 heavy (non-hydrogen) atoms. The molecule has 1 aromatic rings. The van der Waals surface area contributed by atoms with Crippen molar-refractivity contribution in [2.75, 3.05) is 18.0 Å². The topological polar surface area (TPSA) is 52.6 Å². The Kier molecular flexibility index (Phi) is 4.09. The minimum Gasteiger partial charge on any atom is -0.481 e. The Morgan fingerprint density at radius 3 is 2.78 bits per heavy atom. The molecule has 1 heterocycles. The van der Waals surface area contributed by atoms with Crippen LogP contribution in [0.4, 0.5) is 5.69 Å². The van der Waals surface area contributed by atoms with Crippen molar-refractivity contribution in [3.8, 4) is 0 Å². The molecule has 2 atom stereocenters. The number of aliphatic carboxylic acids is 1. The maximum atomic E-state index is 10.9. The number of hydrogen-bond acceptors (Lipinski definition) is 3. The average Bonchev–Trinajstić information content (AvgIpc) is 2.32. The molecule has 4 nitrogen and oxygen atoms in total. The van der Waals surface area contributed by atoms with Crippen molar-refractivity contribution in [2.45, 2.75) is 25.4 Å². The molecule has 1 aliphatic heterocycles. The van der Waals surface area contributed by atoms with Gasteiger partial charge in [0, 0.05) is 29.8 Å². The van der Waals surface area contributed by atoms with Crippen molar-refractivity contribution in [3.63, 3.8) is 0 Å².